The molecule has 7 heteroatoms. The highest BCUT2D eigenvalue weighted by Crippen LogP contribution is 2.05. The van der Waals surface area contributed by atoms with Crippen LogP contribution in [0, 0.1) is 0 Å². The SMILES string of the molecule is CC(CCc1ccco1)NC(=O)c1nn[nH]n1. The molecule has 0 radical (unpaired) electrons. The van der Waals surface area contributed by atoms with E-state index >= 15 is 0 Å². The average molecular weight is 235 g/mol. The Morgan fingerprint density at radius 3 is 3.18 bits per heavy atom. The molecule has 1 amide bonds. The molecule has 2 N–H and O–H groups in total. The minimum atomic E-state index is -0.328. The fourth-order valence-electron chi connectivity index (χ4n) is 1.43. The van der Waals surface area contributed by atoms with E-state index in [2.05, 4.69) is 25.9 Å². The fourth-order valence-corrected chi connectivity index (χ4v) is 1.43. The van der Waals surface area contributed by atoms with Crippen LogP contribution in [-0.4, -0.2) is 32.6 Å². The molecule has 0 saturated carbocycles. The maximum atomic E-state index is 11.6. The van der Waals surface area contributed by atoms with Crippen LogP contribution >= 0.6 is 0 Å². The maximum absolute atomic E-state index is 11.6. The van der Waals surface area contributed by atoms with Gasteiger partial charge in [0.15, 0.2) is 0 Å². The van der Waals surface area contributed by atoms with Gasteiger partial charge in [-0.25, -0.2) is 0 Å². The topological polar surface area (TPSA) is 96.7 Å². The van der Waals surface area contributed by atoms with Gasteiger partial charge in [-0.2, -0.15) is 5.21 Å². The molecule has 0 saturated heterocycles. The van der Waals surface area contributed by atoms with Gasteiger partial charge in [0.05, 0.1) is 6.26 Å². The number of aromatic amines is 1. The van der Waals surface area contributed by atoms with Gasteiger partial charge >= 0.3 is 0 Å². The van der Waals surface area contributed by atoms with E-state index in [1.165, 1.54) is 0 Å². The van der Waals surface area contributed by atoms with Gasteiger partial charge in [-0.3, -0.25) is 4.79 Å². The third kappa shape index (κ3) is 3.13. The second-order valence-corrected chi connectivity index (χ2v) is 3.73. The molecule has 0 fully saturated rings. The van der Waals surface area contributed by atoms with Crippen molar-refractivity contribution < 1.29 is 9.21 Å². The van der Waals surface area contributed by atoms with Gasteiger partial charge in [0.1, 0.15) is 5.76 Å². The number of rotatable bonds is 5. The second-order valence-electron chi connectivity index (χ2n) is 3.73. The Balaban J connectivity index is 1.77. The van der Waals surface area contributed by atoms with Crippen molar-refractivity contribution in [1.29, 1.82) is 0 Å². The summed E-state index contributed by atoms with van der Waals surface area (Å²) >= 11 is 0. The van der Waals surface area contributed by atoms with E-state index in [0.717, 1.165) is 18.6 Å². The van der Waals surface area contributed by atoms with Gasteiger partial charge in [-0.15, -0.1) is 10.2 Å². The Labute approximate surface area is 97.6 Å². The van der Waals surface area contributed by atoms with Gasteiger partial charge in [-0.1, -0.05) is 0 Å². The zero-order valence-electron chi connectivity index (χ0n) is 9.38. The van der Waals surface area contributed by atoms with Crippen LogP contribution in [0.3, 0.4) is 0 Å². The molecule has 1 unspecified atom stereocenters. The van der Waals surface area contributed by atoms with Crippen molar-refractivity contribution in [3.05, 3.63) is 30.0 Å². The monoisotopic (exact) mass is 235 g/mol. The number of nitrogens with zero attached hydrogens (tertiary/aromatic N) is 3. The molecule has 0 aliphatic heterocycles. The predicted molar refractivity (Wildman–Crippen MR) is 58.1 cm³/mol. The van der Waals surface area contributed by atoms with Crippen molar-refractivity contribution in [3.8, 4) is 0 Å². The van der Waals surface area contributed by atoms with Crippen molar-refractivity contribution in [3.63, 3.8) is 0 Å². The molecule has 0 bridgehead atoms. The maximum Gasteiger partial charge on any atom is 0.293 e. The van der Waals surface area contributed by atoms with Crippen molar-refractivity contribution in [2.24, 2.45) is 0 Å². The number of aromatic nitrogens is 4. The first-order chi connectivity index (χ1) is 8.25. The van der Waals surface area contributed by atoms with E-state index in [0.29, 0.717) is 0 Å². The van der Waals surface area contributed by atoms with Crippen molar-refractivity contribution in [2.45, 2.75) is 25.8 Å². The summed E-state index contributed by atoms with van der Waals surface area (Å²) in [6, 6.07) is 3.78. The second kappa shape index (κ2) is 5.24. The molecule has 17 heavy (non-hydrogen) atoms. The van der Waals surface area contributed by atoms with E-state index in [-0.39, 0.29) is 17.8 Å². The first-order valence-corrected chi connectivity index (χ1v) is 5.32. The number of hydrogen-bond acceptors (Lipinski definition) is 5. The van der Waals surface area contributed by atoms with Crippen LogP contribution in [0.15, 0.2) is 22.8 Å². The number of H-pyrrole nitrogens is 1. The molecule has 2 heterocycles. The molecule has 0 aliphatic rings. The molecule has 1 atom stereocenters. The lowest BCUT2D eigenvalue weighted by atomic mass is 10.1. The molecule has 2 aromatic rings. The highest BCUT2D eigenvalue weighted by molar-refractivity contribution is 5.90. The Kier molecular flexibility index (Phi) is 3.49. The van der Waals surface area contributed by atoms with Crippen LogP contribution in [0.25, 0.3) is 0 Å². The zero-order valence-corrected chi connectivity index (χ0v) is 9.38. The lowest BCUT2D eigenvalue weighted by molar-refractivity contribution is 0.0927. The number of carbonyl (C=O) groups excluding carboxylic acids is 1. The number of hydrogen-bond donors (Lipinski definition) is 2. The third-order valence-corrected chi connectivity index (χ3v) is 2.33. The van der Waals surface area contributed by atoms with Crippen LogP contribution in [-0.2, 0) is 6.42 Å². The average Bonchev–Trinajstić information content (AvgIpc) is 2.99. The molecule has 7 nitrogen and oxygen atoms in total. The lowest BCUT2D eigenvalue weighted by Crippen LogP contribution is -2.33. The lowest BCUT2D eigenvalue weighted by Gasteiger charge is -2.11. The van der Waals surface area contributed by atoms with Crippen LogP contribution in [0.2, 0.25) is 0 Å². The van der Waals surface area contributed by atoms with Gasteiger partial charge < -0.3 is 9.73 Å². The highest BCUT2D eigenvalue weighted by atomic mass is 16.3. The van der Waals surface area contributed by atoms with E-state index in [1.54, 1.807) is 6.26 Å². The number of aryl methyl sites for hydroxylation is 1. The molecule has 0 aliphatic carbocycles. The Morgan fingerprint density at radius 1 is 1.65 bits per heavy atom. The quantitative estimate of drug-likeness (QED) is 0.788. The minimum Gasteiger partial charge on any atom is -0.469 e. The first-order valence-electron chi connectivity index (χ1n) is 5.32. The van der Waals surface area contributed by atoms with E-state index in [1.807, 2.05) is 19.1 Å². The van der Waals surface area contributed by atoms with Crippen LogP contribution in [0.4, 0.5) is 0 Å². The third-order valence-electron chi connectivity index (χ3n) is 2.33. The van der Waals surface area contributed by atoms with Crippen LogP contribution in [0.5, 0.6) is 0 Å². The van der Waals surface area contributed by atoms with Crippen molar-refractivity contribution >= 4 is 5.91 Å². The summed E-state index contributed by atoms with van der Waals surface area (Å²) in [7, 11) is 0. The molecular weight excluding hydrogens is 222 g/mol. The van der Waals surface area contributed by atoms with E-state index in [4.69, 9.17) is 4.42 Å². The number of carbonyl (C=O) groups is 1. The molecule has 0 spiro atoms. The number of tetrazole rings is 1. The first kappa shape index (κ1) is 11.3. The standard InChI is InChI=1S/C10H13N5O2/c1-7(4-5-8-3-2-6-17-8)11-10(16)9-12-14-15-13-9/h2-3,6-7H,4-5H2,1H3,(H,11,16)(H,12,13,14,15). The van der Waals surface area contributed by atoms with Gasteiger partial charge in [0, 0.05) is 12.5 Å². The van der Waals surface area contributed by atoms with Crippen molar-refractivity contribution in [1.82, 2.24) is 25.9 Å². The Bertz CT molecular complexity index is 451. The van der Waals surface area contributed by atoms with Gasteiger partial charge in [0.25, 0.3) is 11.7 Å². The largest absolute Gasteiger partial charge is 0.469 e. The Morgan fingerprint density at radius 2 is 2.53 bits per heavy atom. The smallest absolute Gasteiger partial charge is 0.293 e. The Hall–Kier alpha value is -2.18. The summed E-state index contributed by atoms with van der Waals surface area (Å²) in [5.74, 6) is 0.631. The van der Waals surface area contributed by atoms with Crippen LogP contribution < -0.4 is 5.32 Å². The molecular formula is C10H13N5O2. The molecule has 0 aromatic carbocycles. The molecule has 2 rings (SSSR count). The predicted octanol–water partition coefficient (Wildman–Crippen LogP) is 0.544. The number of nitrogens with one attached hydrogen (secondary N) is 2. The normalized spacial score (nSPS) is 12.3. The van der Waals surface area contributed by atoms with Gasteiger partial charge in [0.2, 0.25) is 0 Å². The summed E-state index contributed by atoms with van der Waals surface area (Å²) in [6.07, 6.45) is 3.20. The van der Waals surface area contributed by atoms with E-state index < -0.39 is 0 Å². The number of amides is 1. The summed E-state index contributed by atoms with van der Waals surface area (Å²) < 4.78 is 5.21. The molecule has 2 aromatic heterocycles. The minimum absolute atomic E-state index is 0.0195. The summed E-state index contributed by atoms with van der Waals surface area (Å²) in [5, 5.41) is 15.5. The molecule has 90 valence electrons. The van der Waals surface area contributed by atoms with Crippen LogP contribution in [0.1, 0.15) is 29.7 Å². The highest BCUT2D eigenvalue weighted by Gasteiger charge is 2.13. The number of furan rings is 1. The summed E-state index contributed by atoms with van der Waals surface area (Å²) in [4.78, 5) is 11.6. The zero-order chi connectivity index (χ0) is 12.1. The van der Waals surface area contributed by atoms with Crippen molar-refractivity contribution in [2.75, 3.05) is 0 Å². The summed E-state index contributed by atoms with van der Waals surface area (Å²) in [5.41, 5.74) is 0. The summed E-state index contributed by atoms with van der Waals surface area (Å²) in [6.45, 7) is 1.92. The fraction of sp³-hybridized carbons (Fsp3) is 0.400. The van der Waals surface area contributed by atoms with Gasteiger partial charge in [-0.05, 0) is 30.7 Å². The van der Waals surface area contributed by atoms with E-state index in [9.17, 15) is 4.79 Å².